The molecule has 0 atom stereocenters. The highest BCUT2D eigenvalue weighted by Crippen LogP contribution is 2.32. The third-order valence-electron chi connectivity index (χ3n) is 2.69. The highest BCUT2D eigenvalue weighted by atomic mass is 16.5. The summed E-state index contributed by atoms with van der Waals surface area (Å²) in [6.45, 7) is 3.59. The van der Waals surface area contributed by atoms with Gasteiger partial charge in [-0.25, -0.2) is 0 Å². The van der Waals surface area contributed by atoms with Crippen LogP contribution in [0.5, 0.6) is 11.5 Å². The average Bonchev–Trinajstić information content (AvgIpc) is 2.82. The van der Waals surface area contributed by atoms with Crippen LogP contribution >= 0.6 is 0 Å². The molecule has 1 heterocycles. The Morgan fingerprint density at radius 2 is 2.00 bits per heavy atom. The largest absolute Gasteiger partial charge is 0.508 e. The molecule has 1 aromatic heterocycles. The first kappa shape index (κ1) is 12.4. The summed E-state index contributed by atoms with van der Waals surface area (Å²) in [5, 5.41) is 22.9. The summed E-state index contributed by atoms with van der Waals surface area (Å²) >= 11 is 0. The first-order valence-electron chi connectivity index (χ1n) is 5.36. The molecule has 2 aromatic rings. The second-order valence-electron chi connectivity index (χ2n) is 4.34. The number of nitrogens with zero attached hydrogens (tertiary/aromatic N) is 2. The third-order valence-corrected chi connectivity index (χ3v) is 2.69. The van der Waals surface area contributed by atoms with Gasteiger partial charge in [0.1, 0.15) is 17.1 Å². The monoisotopic (exact) mass is 250 g/mol. The molecule has 0 aliphatic carbocycles. The molecule has 2 rings (SSSR count). The molecule has 0 aliphatic heterocycles. The molecule has 0 aliphatic rings. The minimum atomic E-state index is -0.686. The minimum absolute atomic E-state index is 0.00792. The predicted molar refractivity (Wildman–Crippen MR) is 63.1 cm³/mol. The lowest BCUT2D eigenvalue weighted by atomic mass is 10.1. The fraction of sp³-hybridized carbons (Fsp3) is 0.333. The number of hydrogen-bond acceptors (Lipinski definition) is 6. The van der Waals surface area contributed by atoms with Gasteiger partial charge in [0.15, 0.2) is 0 Å². The second-order valence-corrected chi connectivity index (χ2v) is 4.34. The van der Waals surface area contributed by atoms with Crippen LogP contribution < -0.4 is 0 Å². The smallest absolute Gasteiger partial charge is 0.261 e. The van der Waals surface area contributed by atoms with Gasteiger partial charge in [-0.1, -0.05) is 5.16 Å². The normalized spacial score (nSPS) is 11.7. The molecule has 0 radical (unpaired) electrons. The zero-order valence-corrected chi connectivity index (χ0v) is 10.3. The van der Waals surface area contributed by atoms with Crippen LogP contribution in [0.1, 0.15) is 19.7 Å². The third kappa shape index (κ3) is 2.14. The van der Waals surface area contributed by atoms with E-state index >= 15 is 0 Å². The van der Waals surface area contributed by atoms with Crippen molar-refractivity contribution in [1.29, 1.82) is 0 Å². The van der Waals surface area contributed by atoms with E-state index in [2.05, 4.69) is 10.1 Å². The quantitative estimate of drug-likeness (QED) is 0.810. The summed E-state index contributed by atoms with van der Waals surface area (Å²) in [6, 6.07) is 4.08. The molecule has 0 bridgehead atoms. The minimum Gasteiger partial charge on any atom is -0.508 e. The van der Waals surface area contributed by atoms with Gasteiger partial charge in [-0.3, -0.25) is 0 Å². The highest BCUT2D eigenvalue weighted by Gasteiger charge is 2.27. The maximum atomic E-state index is 9.69. The summed E-state index contributed by atoms with van der Waals surface area (Å²) in [4.78, 5) is 4.15. The molecule has 0 saturated carbocycles. The zero-order valence-electron chi connectivity index (χ0n) is 10.3. The van der Waals surface area contributed by atoms with Crippen molar-refractivity contribution in [2.45, 2.75) is 19.4 Å². The van der Waals surface area contributed by atoms with Crippen molar-refractivity contribution in [1.82, 2.24) is 10.1 Å². The number of hydrogen-bond donors (Lipinski definition) is 2. The zero-order chi connectivity index (χ0) is 13.3. The Balaban J connectivity index is 2.44. The van der Waals surface area contributed by atoms with E-state index in [9.17, 15) is 10.2 Å². The summed E-state index contributed by atoms with van der Waals surface area (Å²) in [7, 11) is 1.54. The van der Waals surface area contributed by atoms with Gasteiger partial charge in [-0.05, 0) is 32.0 Å². The van der Waals surface area contributed by atoms with Crippen molar-refractivity contribution in [2.75, 3.05) is 7.11 Å². The number of benzene rings is 1. The van der Waals surface area contributed by atoms with Crippen molar-refractivity contribution >= 4 is 0 Å². The summed E-state index contributed by atoms with van der Waals surface area (Å²) in [5.74, 6) is 0.457. The SMILES string of the molecule is COC(C)(C)c1noc(-c2cc(O)ccc2O)n1. The van der Waals surface area contributed by atoms with Crippen molar-refractivity contribution in [3.63, 3.8) is 0 Å². The summed E-state index contributed by atoms with van der Waals surface area (Å²) < 4.78 is 10.3. The van der Waals surface area contributed by atoms with E-state index < -0.39 is 5.60 Å². The number of rotatable bonds is 3. The molecule has 0 saturated heterocycles. The van der Waals surface area contributed by atoms with E-state index in [0.29, 0.717) is 5.82 Å². The van der Waals surface area contributed by atoms with E-state index in [1.165, 1.54) is 18.2 Å². The number of aromatic hydroxyl groups is 2. The molecule has 18 heavy (non-hydrogen) atoms. The van der Waals surface area contributed by atoms with Crippen LogP contribution in [0.2, 0.25) is 0 Å². The Morgan fingerprint density at radius 3 is 2.67 bits per heavy atom. The molecule has 0 amide bonds. The number of methoxy groups -OCH3 is 1. The maximum absolute atomic E-state index is 9.69. The lowest BCUT2D eigenvalue weighted by Crippen LogP contribution is -2.21. The summed E-state index contributed by atoms with van der Waals surface area (Å²) in [6.07, 6.45) is 0. The second kappa shape index (κ2) is 4.30. The van der Waals surface area contributed by atoms with E-state index in [0.717, 1.165) is 0 Å². The van der Waals surface area contributed by atoms with E-state index in [1.807, 2.05) is 0 Å². The van der Waals surface area contributed by atoms with E-state index in [-0.39, 0.29) is 23.0 Å². The Hall–Kier alpha value is -2.08. The lowest BCUT2D eigenvalue weighted by Gasteiger charge is -2.17. The van der Waals surface area contributed by atoms with Crippen molar-refractivity contribution in [3.8, 4) is 23.0 Å². The first-order valence-corrected chi connectivity index (χ1v) is 5.36. The van der Waals surface area contributed by atoms with Crippen LogP contribution in [0.4, 0.5) is 0 Å². The Morgan fingerprint density at radius 1 is 1.28 bits per heavy atom. The van der Waals surface area contributed by atoms with Crippen LogP contribution in [0.3, 0.4) is 0 Å². The molecule has 0 spiro atoms. The topological polar surface area (TPSA) is 88.6 Å². The Labute approximate surface area is 104 Å². The Bertz CT molecular complexity index is 563. The van der Waals surface area contributed by atoms with Crippen molar-refractivity contribution < 1.29 is 19.5 Å². The van der Waals surface area contributed by atoms with Crippen LogP contribution in [-0.4, -0.2) is 27.5 Å². The molecule has 0 unspecified atom stereocenters. The van der Waals surface area contributed by atoms with Gasteiger partial charge in [0, 0.05) is 7.11 Å². The van der Waals surface area contributed by atoms with Crippen molar-refractivity contribution in [2.24, 2.45) is 0 Å². The van der Waals surface area contributed by atoms with E-state index in [1.54, 1.807) is 21.0 Å². The molecule has 1 aromatic carbocycles. The fourth-order valence-corrected chi connectivity index (χ4v) is 1.36. The van der Waals surface area contributed by atoms with E-state index in [4.69, 9.17) is 9.26 Å². The molecular weight excluding hydrogens is 236 g/mol. The van der Waals surface area contributed by atoms with Gasteiger partial charge in [-0.15, -0.1) is 0 Å². The van der Waals surface area contributed by atoms with Crippen LogP contribution in [0.15, 0.2) is 22.7 Å². The number of aromatic nitrogens is 2. The molecule has 6 heteroatoms. The van der Waals surface area contributed by atoms with Gasteiger partial charge in [-0.2, -0.15) is 4.98 Å². The van der Waals surface area contributed by atoms with Gasteiger partial charge < -0.3 is 19.5 Å². The first-order chi connectivity index (χ1) is 8.44. The van der Waals surface area contributed by atoms with Crippen molar-refractivity contribution in [3.05, 3.63) is 24.0 Å². The van der Waals surface area contributed by atoms with Crippen LogP contribution in [0.25, 0.3) is 11.5 Å². The lowest BCUT2D eigenvalue weighted by molar-refractivity contribution is 0.00973. The standard InChI is InChI=1S/C12H14N2O4/c1-12(2,17-3)11-13-10(18-14-11)8-6-7(15)4-5-9(8)16/h4-6,15-16H,1-3H3. The molecule has 0 fully saturated rings. The molecular formula is C12H14N2O4. The maximum Gasteiger partial charge on any atom is 0.261 e. The van der Waals surface area contributed by atoms with Gasteiger partial charge in [0.05, 0.1) is 5.56 Å². The van der Waals surface area contributed by atoms with Crippen LogP contribution in [-0.2, 0) is 10.3 Å². The van der Waals surface area contributed by atoms with Gasteiger partial charge >= 0.3 is 0 Å². The summed E-state index contributed by atoms with van der Waals surface area (Å²) in [5.41, 5.74) is -0.408. The fourth-order valence-electron chi connectivity index (χ4n) is 1.36. The molecule has 6 nitrogen and oxygen atoms in total. The number of phenolic OH excluding ortho intramolecular Hbond substituents is 2. The molecule has 2 N–H and O–H groups in total. The predicted octanol–water partition coefficient (Wildman–Crippen LogP) is 2.03. The number of phenols is 2. The Kier molecular flexibility index (Phi) is 2.96. The average molecular weight is 250 g/mol. The van der Waals surface area contributed by atoms with Gasteiger partial charge in [0.25, 0.3) is 5.89 Å². The highest BCUT2D eigenvalue weighted by molar-refractivity contribution is 5.64. The number of ether oxygens (including phenoxy) is 1. The van der Waals surface area contributed by atoms with Gasteiger partial charge in [0.2, 0.25) is 5.82 Å². The molecule has 96 valence electrons. The van der Waals surface area contributed by atoms with Crippen LogP contribution in [0, 0.1) is 0 Å².